The third-order valence-electron chi connectivity index (χ3n) is 2.79. The van der Waals surface area contributed by atoms with Crippen molar-refractivity contribution in [3.63, 3.8) is 0 Å². The van der Waals surface area contributed by atoms with E-state index < -0.39 is 0 Å². The van der Waals surface area contributed by atoms with Gasteiger partial charge in [0.1, 0.15) is 0 Å². The van der Waals surface area contributed by atoms with Crippen molar-refractivity contribution >= 4 is 0 Å². The van der Waals surface area contributed by atoms with Crippen LogP contribution in [0.4, 0.5) is 0 Å². The third-order valence-corrected chi connectivity index (χ3v) is 2.79. The van der Waals surface area contributed by atoms with E-state index in [0.717, 1.165) is 11.8 Å². The molecule has 2 fully saturated rings. The molecule has 1 heteroatoms. The molecule has 2 aliphatic rings. The van der Waals surface area contributed by atoms with Crippen LogP contribution in [0.15, 0.2) is 0 Å². The van der Waals surface area contributed by atoms with Gasteiger partial charge in [0.2, 0.25) is 0 Å². The summed E-state index contributed by atoms with van der Waals surface area (Å²) in [5.41, 5.74) is 5.82. The van der Waals surface area contributed by atoms with Gasteiger partial charge in [-0.1, -0.05) is 6.42 Å². The summed E-state index contributed by atoms with van der Waals surface area (Å²) >= 11 is 0. The van der Waals surface area contributed by atoms with Gasteiger partial charge in [-0.25, -0.2) is 0 Å². The molecule has 0 aliphatic heterocycles. The summed E-state index contributed by atoms with van der Waals surface area (Å²) in [6, 6.07) is 0.578. The zero-order valence-electron chi connectivity index (χ0n) is 5.14. The summed E-state index contributed by atoms with van der Waals surface area (Å²) in [4.78, 5) is 0. The van der Waals surface area contributed by atoms with Crippen LogP contribution in [0.2, 0.25) is 0 Å². The van der Waals surface area contributed by atoms with Crippen molar-refractivity contribution in [3.8, 4) is 0 Å². The highest BCUT2D eigenvalue weighted by Crippen LogP contribution is 2.43. The van der Waals surface area contributed by atoms with Crippen LogP contribution in [-0.4, -0.2) is 6.04 Å². The molecular weight excluding hydrogens is 98.1 g/mol. The summed E-state index contributed by atoms with van der Waals surface area (Å²) in [7, 11) is 0. The zero-order chi connectivity index (χ0) is 5.56. The average Bonchev–Trinajstić information content (AvgIpc) is 2.23. The maximum atomic E-state index is 5.82. The van der Waals surface area contributed by atoms with Crippen molar-refractivity contribution < 1.29 is 0 Å². The molecule has 0 aromatic rings. The van der Waals surface area contributed by atoms with Crippen molar-refractivity contribution in [2.45, 2.75) is 31.7 Å². The fourth-order valence-electron chi connectivity index (χ4n) is 2.29. The van der Waals surface area contributed by atoms with Gasteiger partial charge < -0.3 is 5.73 Å². The average molecular weight is 111 g/mol. The SMILES string of the molecule is NC1C[C@@H]2CC[C@@H]1C2. The molecule has 0 aromatic heterocycles. The normalized spacial score (nSPS) is 52.9. The predicted octanol–water partition coefficient (Wildman–Crippen LogP) is 1.13. The topological polar surface area (TPSA) is 26.0 Å². The van der Waals surface area contributed by atoms with E-state index in [0.29, 0.717) is 6.04 Å². The molecular formula is C7H13N. The summed E-state index contributed by atoms with van der Waals surface area (Å²) in [6.07, 6.45) is 5.66. The molecule has 0 spiro atoms. The lowest BCUT2D eigenvalue weighted by atomic mass is 9.96. The fraction of sp³-hybridized carbons (Fsp3) is 1.00. The van der Waals surface area contributed by atoms with Crippen molar-refractivity contribution in [2.24, 2.45) is 17.6 Å². The summed E-state index contributed by atoms with van der Waals surface area (Å²) < 4.78 is 0. The first kappa shape index (κ1) is 4.80. The second-order valence-electron chi connectivity index (χ2n) is 3.34. The first-order chi connectivity index (χ1) is 3.86. The Kier molecular flexibility index (Phi) is 0.884. The number of hydrogen-bond donors (Lipinski definition) is 1. The van der Waals surface area contributed by atoms with Gasteiger partial charge >= 0.3 is 0 Å². The second kappa shape index (κ2) is 1.47. The maximum Gasteiger partial charge on any atom is 0.00699 e. The molecule has 2 bridgehead atoms. The van der Waals surface area contributed by atoms with E-state index in [1.54, 1.807) is 0 Å². The number of fused-ring (bicyclic) bond motifs is 2. The van der Waals surface area contributed by atoms with Crippen LogP contribution in [-0.2, 0) is 0 Å². The highest BCUT2D eigenvalue weighted by molar-refractivity contribution is 4.91. The Bertz CT molecular complexity index is 98.6. The fourth-order valence-corrected chi connectivity index (χ4v) is 2.29. The zero-order valence-corrected chi connectivity index (χ0v) is 5.14. The van der Waals surface area contributed by atoms with E-state index in [1.807, 2.05) is 0 Å². The van der Waals surface area contributed by atoms with Gasteiger partial charge in [0.05, 0.1) is 0 Å². The van der Waals surface area contributed by atoms with Gasteiger partial charge in [0.25, 0.3) is 0 Å². The minimum atomic E-state index is 0.578. The van der Waals surface area contributed by atoms with Gasteiger partial charge in [-0.15, -0.1) is 0 Å². The predicted molar refractivity (Wildman–Crippen MR) is 33.4 cm³/mol. The lowest BCUT2D eigenvalue weighted by molar-refractivity contribution is 0.418. The summed E-state index contributed by atoms with van der Waals surface area (Å²) in [5, 5.41) is 0. The monoisotopic (exact) mass is 111 g/mol. The van der Waals surface area contributed by atoms with Crippen LogP contribution in [0.3, 0.4) is 0 Å². The van der Waals surface area contributed by atoms with Crippen molar-refractivity contribution in [3.05, 3.63) is 0 Å². The van der Waals surface area contributed by atoms with Gasteiger partial charge in [-0.05, 0) is 31.1 Å². The molecule has 1 nitrogen and oxygen atoms in total. The molecule has 3 atom stereocenters. The Balaban J connectivity index is 2.11. The quantitative estimate of drug-likeness (QED) is 0.498. The number of hydrogen-bond acceptors (Lipinski definition) is 1. The van der Waals surface area contributed by atoms with Crippen LogP contribution < -0.4 is 5.73 Å². The van der Waals surface area contributed by atoms with Crippen LogP contribution in [0.5, 0.6) is 0 Å². The molecule has 8 heavy (non-hydrogen) atoms. The molecule has 2 rings (SSSR count). The smallest absolute Gasteiger partial charge is 0.00699 e. The lowest BCUT2D eigenvalue weighted by Gasteiger charge is -2.15. The van der Waals surface area contributed by atoms with E-state index >= 15 is 0 Å². The van der Waals surface area contributed by atoms with Crippen molar-refractivity contribution in [1.29, 1.82) is 0 Å². The molecule has 0 radical (unpaired) electrons. The highest BCUT2D eigenvalue weighted by atomic mass is 14.7. The minimum Gasteiger partial charge on any atom is -0.327 e. The summed E-state index contributed by atoms with van der Waals surface area (Å²) in [6.45, 7) is 0. The lowest BCUT2D eigenvalue weighted by Crippen LogP contribution is -2.26. The Morgan fingerprint density at radius 3 is 2.25 bits per heavy atom. The van der Waals surface area contributed by atoms with E-state index in [1.165, 1.54) is 25.7 Å². The summed E-state index contributed by atoms with van der Waals surface area (Å²) in [5.74, 6) is 1.94. The number of rotatable bonds is 0. The van der Waals surface area contributed by atoms with E-state index in [9.17, 15) is 0 Å². The Morgan fingerprint density at radius 2 is 2.00 bits per heavy atom. The first-order valence-electron chi connectivity index (χ1n) is 3.62. The van der Waals surface area contributed by atoms with Gasteiger partial charge in [-0.2, -0.15) is 0 Å². The van der Waals surface area contributed by atoms with Gasteiger partial charge in [0.15, 0.2) is 0 Å². The second-order valence-corrected chi connectivity index (χ2v) is 3.34. The Hall–Kier alpha value is -0.0400. The number of nitrogens with two attached hydrogens (primary N) is 1. The Morgan fingerprint density at radius 1 is 1.12 bits per heavy atom. The van der Waals surface area contributed by atoms with E-state index in [4.69, 9.17) is 5.73 Å². The molecule has 0 aromatic carbocycles. The van der Waals surface area contributed by atoms with Crippen LogP contribution in [0.25, 0.3) is 0 Å². The standard InChI is InChI=1S/C7H13N/c8-7-4-5-1-2-6(7)3-5/h5-7H,1-4,8H2/t5-,6-,7?/m1/s1. The molecule has 0 heterocycles. The van der Waals surface area contributed by atoms with Crippen molar-refractivity contribution in [2.75, 3.05) is 0 Å². The molecule has 2 N–H and O–H groups in total. The first-order valence-corrected chi connectivity index (χ1v) is 3.62. The molecule has 1 unspecified atom stereocenters. The van der Waals surface area contributed by atoms with Crippen molar-refractivity contribution in [1.82, 2.24) is 0 Å². The maximum absolute atomic E-state index is 5.82. The van der Waals surface area contributed by atoms with E-state index in [-0.39, 0.29) is 0 Å². The molecule has 46 valence electrons. The van der Waals surface area contributed by atoms with Gasteiger partial charge in [-0.3, -0.25) is 0 Å². The van der Waals surface area contributed by atoms with Crippen LogP contribution >= 0.6 is 0 Å². The van der Waals surface area contributed by atoms with E-state index in [2.05, 4.69) is 0 Å². The highest BCUT2D eigenvalue weighted by Gasteiger charge is 2.36. The van der Waals surface area contributed by atoms with Gasteiger partial charge in [0, 0.05) is 6.04 Å². The third kappa shape index (κ3) is 0.510. The van der Waals surface area contributed by atoms with Crippen LogP contribution in [0.1, 0.15) is 25.7 Å². The molecule has 2 aliphatic carbocycles. The molecule has 2 saturated carbocycles. The molecule has 0 amide bonds. The molecule has 0 saturated heterocycles. The largest absolute Gasteiger partial charge is 0.327 e. The minimum absolute atomic E-state index is 0.578. The van der Waals surface area contributed by atoms with Crippen LogP contribution in [0, 0.1) is 11.8 Å². The Labute approximate surface area is 50.3 Å².